The fraction of sp³-hybridized carbons (Fsp3) is 0.591. The molecule has 4 heterocycles. The number of rotatable bonds is 8. The zero-order valence-corrected chi connectivity index (χ0v) is 17.9. The Morgan fingerprint density at radius 2 is 2.07 bits per heavy atom. The van der Waals surface area contributed by atoms with E-state index in [1.165, 1.54) is 0 Å². The Hall–Kier alpha value is -2.29. The molecule has 2 saturated heterocycles. The molecule has 0 aliphatic carbocycles. The molecule has 30 heavy (non-hydrogen) atoms. The van der Waals surface area contributed by atoms with E-state index in [-0.39, 0.29) is 11.4 Å². The van der Waals surface area contributed by atoms with Crippen molar-refractivity contribution in [1.29, 1.82) is 0 Å². The molecular weight excluding hydrogens is 382 g/mol. The van der Waals surface area contributed by atoms with Crippen molar-refractivity contribution >= 4 is 5.91 Å². The standard InChI is InChI=1S/C22H31N5O3/c1-25-9-5-19(15-30-14-18-3-7-23-8-4-18)13-22(25)16-26(17-22)21(28)20-6-10-27(24-20)11-12-29-2/h3-4,6-8,10,19H,5,9,11-17H2,1-2H3/t19-/m1/s1. The quantitative estimate of drug-likeness (QED) is 0.656. The number of hydrogen-bond donors (Lipinski definition) is 0. The molecule has 0 aromatic carbocycles. The van der Waals surface area contributed by atoms with Gasteiger partial charge in [-0.1, -0.05) is 0 Å². The monoisotopic (exact) mass is 413 g/mol. The number of methoxy groups -OCH3 is 1. The minimum Gasteiger partial charge on any atom is -0.383 e. The van der Waals surface area contributed by atoms with Gasteiger partial charge in [0.1, 0.15) is 5.69 Å². The van der Waals surface area contributed by atoms with Gasteiger partial charge in [0.15, 0.2) is 0 Å². The molecule has 1 amide bonds. The minimum atomic E-state index is 0.0150. The predicted octanol–water partition coefficient (Wildman–Crippen LogP) is 1.68. The molecule has 0 N–H and O–H groups in total. The van der Waals surface area contributed by atoms with Crippen LogP contribution in [0.15, 0.2) is 36.8 Å². The second-order valence-electron chi connectivity index (χ2n) is 8.49. The van der Waals surface area contributed by atoms with Crippen LogP contribution in [0.25, 0.3) is 0 Å². The Morgan fingerprint density at radius 3 is 2.83 bits per heavy atom. The third kappa shape index (κ3) is 4.55. The number of carbonyl (C=O) groups is 1. The summed E-state index contributed by atoms with van der Waals surface area (Å²) in [6.45, 7) is 5.17. The van der Waals surface area contributed by atoms with Gasteiger partial charge in [-0.15, -0.1) is 0 Å². The molecule has 0 bridgehead atoms. The van der Waals surface area contributed by atoms with Crippen molar-refractivity contribution in [3.05, 3.63) is 48.0 Å². The van der Waals surface area contributed by atoms with Gasteiger partial charge in [-0.3, -0.25) is 19.4 Å². The molecule has 0 unspecified atom stereocenters. The first-order valence-electron chi connectivity index (χ1n) is 10.6. The van der Waals surface area contributed by atoms with Crippen LogP contribution in [0.3, 0.4) is 0 Å². The first kappa shape index (κ1) is 21.0. The van der Waals surface area contributed by atoms with Crippen LogP contribution >= 0.6 is 0 Å². The van der Waals surface area contributed by atoms with E-state index in [9.17, 15) is 4.79 Å². The number of likely N-dealkylation sites (N-methyl/N-ethyl adjacent to an activating group) is 1. The Labute approximate surface area is 177 Å². The maximum Gasteiger partial charge on any atom is 0.274 e. The molecule has 2 aliphatic rings. The second-order valence-corrected chi connectivity index (χ2v) is 8.49. The van der Waals surface area contributed by atoms with Gasteiger partial charge >= 0.3 is 0 Å². The molecular formula is C22H31N5O3. The lowest BCUT2D eigenvalue weighted by Gasteiger charge is -2.58. The van der Waals surface area contributed by atoms with E-state index in [4.69, 9.17) is 9.47 Å². The van der Waals surface area contributed by atoms with Crippen LogP contribution < -0.4 is 0 Å². The second kappa shape index (κ2) is 9.24. The van der Waals surface area contributed by atoms with Crippen molar-refractivity contribution in [3.8, 4) is 0 Å². The molecule has 2 fully saturated rings. The van der Waals surface area contributed by atoms with E-state index >= 15 is 0 Å². The molecule has 8 nitrogen and oxygen atoms in total. The normalized spacial score (nSPS) is 21.0. The summed E-state index contributed by atoms with van der Waals surface area (Å²) in [5.41, 5.74) is 1.73. The van der Waals surface area contributed by atoms with Crippen LogP contribution in [0.5, 0.6) is 0 Å². The van der Waals surface area contributed by atoms with Gasteiger partial charge in [-0.2, -0.15) is 5.10 Å². The van der Waals surface area contributed by atoms with Crippen molar-refractivity contribution < 1.29 is 14.3 Å². The number of amides is 1. The highest BCUT2D eigenvalue weighted by molar-refractivity contribution is 5.93. The maximum absolute atomic E-state index is 12.8. The van der Waals surface area contributed by atoms with Gasteiger partial charge in [0, 0.05) is 45.4 Å². The summed E-state index contributed by atoms with van der Waals surface area (Å²) in [4.78, 5) is 21.2. The first-order valence-corrected chi connectivity index (χ1v) is 10.6. The van der Waals surface area contributed by atoms with Crippen molar-refractivity contribution in [3.63, 3.8) is 0 Å². The molecule has 8 heteroatoms. The van der Waals surface area contributed by atoms with Crippen LogP contribution in [0, 0.1) is 5.92 Å². The Kier molecular flexibility index (Phi) is 6.46. The molecule has 1 spiro atoms. The summed E-state index contributed by atoms with van der Waals surface area (Å²) < 4.78 is 12.8. The van der Waals surface area contributed by atoms with Gasteiger partial charge in [0.25, 0.3) is 5.91 Å². The van der Waals surface area contributed by atoms with Crippen LogP contribution in [0.4, 0.5) is 0 Å². The third-order valence-corrected chi connectivity index (χ3v) is 6.36. The minimum absolute atomic E-state index is 0.0150. The molecule has 2 aromatic heterocycles. The van der Waals surface area contributed by atoms with Gasteiger partial charge in [0.05, 0.1) is 25.3 Å². The van der Waals surface area contributed by atoms with Gasteiger partial charge < -0.3 is 14.4 Å². The molecule has 0 saturated carbocycles. The Balaban J connectivity index is 1.28. The molecule has 2 aliphatic heterocycles. The molecule has 2 aromatic rings. The van der Waals surface area contributed by atoms with Gasteiger partial charge in [-0.25, -0.2) is 0 Å². The number of nitrogens with zero attached hydrogens (tertiary/aromatic N) is 5. The largest absolute Gasteiger partial charge is 0.383 e. The van der Waals surface area contributed by atoms with E-state index in [2.05, 4.69) is 22.0 Å². The average molecular weight is 414 g/mol. The van der Waals surface area contributed by atoms with Crippen molar-refractivity contribution in [1.82, 2.24) is 24.6 Å². The van der Waals surface area contributed by atoms with E-state index in [0.29, 0.717) is 31.4 Å². The molecule has 1 atom stereocenters. The lowest BCUT2D eigenvalue weighted by molar-refractivity contribution is -0.0769. The Morgan fingerprint density at radius 1 is 1.27 bits per heavy atom. The van der Waals surface area contributed by atoms with Crippen LogP contribution in [0.1, 0.15) is 28.9 Å². The predicted molar refractivity (Wildman–Crippen MR) is 112 cm³/mol. The van der Waals surface area contributed by atoms with Crippen LogP contribution in [-0.4, -0.2) is 83.0 Å². The number of hydrogen-bond acceptors (Lipinski definition) is 6. The third-order valence-electron chi connectivity index (χ3n) is 6.36. The number of ether oxygens (including phenoxy) is 2. The highest BCUT2D eigenvalue weighted by Gasteiger charge is 2.51. The van der Waals surface area contributed by atoms with Crippen molar-refractivity contribution in [2.24, 2.45) is 5.92 Å². The summed E-state index contributed by atoms with van der Waals surface area (Å²) in [5.74, 6) is 0.537. The lowest BCUT2D eigenvalue weighted by Crippen LogP contribution is -2.72. The van der Waals surface area contributed by atoms with Gasteiger partial charge in [0.2, 0.25) is 0 Å². The van der Waals surface area contributed by atoms with Crippen LogP contribution in [-0.2, 0) is 22.6 Å². The van der Waals surface area contributed by atoms with E-state index in [1.807, 2.05) is 23.2 Å². The fourth-order valence-corrected chi connectivity index (χ4v) is 4.50. The zero-order chi connectivity index (χ0) is 21.0. The van der Waals surface area contributed by atoms with Crippen molar-refractivity contribution in [2.75, 3.05) is 47.0 Å². The average Bonchev–Trinajstić information content (AvgIpc) is 3.21. The van der Waals surface area contributed by atoms with Gasteiger partial charge in [-0.05, 0) is 56.1 Å². The molecule has 4 rings (SSSR count). The van der Waals surface area contributed by atoms with Crippen LogP contribution in [0.2, 0.25) is 0 Å². The Bertz CT molecular complexity index is 834. The smallest absolute Gasteiger partial charge is 0.274 e. The summed E-state index contributed by atoms with van der Waals surface area (Å²) in [7, 11) is 3.84. The number of pyridine rings is 1. The zero-order valence-electron chi connectivity index (χ0n) is 17.9. The highest BCUT2D eigenvalue weighted by Crippen LogP contribution is 2.38. The number of aromatic nitrogens is 3. The summed E-state index contributed by atoms with van der Waals surface area (Å²) >= 11 is 0. The summed E-state index contributed by atoms with van der Waals surface area (Å²) in [6.07, 6.45) is 7.62. The number of carbonyl (C=O) groups excluding carboxylic acids is 1. The highest BCUT2D eigenvalue weighted by atomic mass is 16.5. The number of likely N-dealkylation sites (tertiary alicyclic amines) is 2. The summed E-state index contributed by atoms with van der Waals surface area (Å²) in [6, 6.07) is 5.77. The van der Waals surface area contributed by atoms with Crippen molar-refractivity contribution in [2.45, 2.75) is 31.5 Å². The molecule has 162 valence electrons. The van der Waals surface area contributed by atoms with E-state index in [1.54, 1.807) is 30.3 Å². The maximum atomic E-state index is 12.8. The lowest BCUT2D eigenvalue weighted by atomic mass is 9.75. The SMILES string of the molecule is COCCn1ccc(C(=O)N2CC3(C[C@H](COCc4ccncc4)CCN3C)C2)n1. The van der Waals surface area contributed by atoms with E-state index in [0.717, 1.165) is 44.6 Å². The van der Waals surface area contributed by atoms with E-state index < -0.39 is 0 Å². The fourth-order valence-electron chi connectivity index (χ4n) is 4.50. The topological polar surface area (TPSA) is 72.7 Å². The number of piperidine rings is 1. The summed E-state index contributed by atoms with van der Waals surface area (Å²) in [5, 5.41) is 4.39. The molecule has 0 radical (unpaired) electrons. The first-order chi connectivity index (χ1) is 14.6.